The number of para-hydroxylation sites is 1. The molecule has 0 N–H and O–H groups in total. The topological polar surface area (TPSA) is 3.24 Å². The van der Waals surface area contributed by atoms with Crippen LogP contribution in [-0.4, -0.2) is 0 Å². The van der Waals surface area contributed by atoms with Crippen LogP contribution in [0.3, 0.4) is 0 Å². The lowest BCUT2D eigenvalue weighted by Gasteiger charge is -2.30. The highest BCUT2D eigenvalue weighted by atomic mass is 15.1. The van der Waals surface area contributed by atoms with E-state index in [1.54, 1.807) is 0 Å². The Labute approximate surface area is 145 Å². The smallest absolute Gasteiger partial charge is 0.0499 e. The van der Waals surface area contributed by atoms with Crippen molar-refractivity contribution >= 4 is 17.5 Å². The zero-order chi connectivity index (χ0) is 16.8. The first kappa shape index (κ1) is 16.3. The van der Waals surface area contributed by atoms with Gasteiger partial charge in [-0.15, -0.1) is 0 Å². The Morgan fingerprint density at radius 3 is 2.67 bits per heavy atom. The average Bonchev–Trinajstić information content (AvgIpc) is 2.65. The first-order chi connectivity index (χ1) is 11.8. The largest absolute Gasteiger partial charge is 0.311 e. The third kappa shape index (κ3) is 3.35. The summed E-state index contributed by atoms with van der Waals surface area (Å²) in [7, 11) is 0. The van der Waals surface area contributed by atoms with Crippen LogP contribution >= 0.6 is 0 Å². The van der Waals surface area contributed by atoms with E-state index in [4.69, 9.17) is 0 Å². The molecule has 1 nitrogen and oxygen atoms in total. The molecule has 1 aliphatic rings. The molecule has 0 heterocycles. The van der Waals surface area contributed by atoms with Gasteiger partial charge in [0.2, 0.25) is 0 Å². The van der Waals surface area contributed by atoms with Crippen molar-refractivity contribution in [3.8, 4) is 0 Å². The predicted molar refractivity (Wildman–Crippen MR) is 106 cm³/mol. The molecule has 0 aliphatic heterocycles. The maximum absolute atomic E-state index is 2.38. The lowest BCUT2D eigenvalue weighted by Crippen LogP contribution is -2.17. The molecule has 0 saturated heterocycles. The van der Waals surface area contributed by atoms with Crippen LogP contribution in [-0.2, 0) is 6.42 Å². The second-order valence-electron chi connectivity index (χ2n) is 5.98. The molecule has 0 aromatic heterocycles. The van der Waals surface area contributed by atoms with Crippen LogP contribution in [0.4, 0.5) is 11.4 Å². The predicted octanol–water partition coefficient (Wildman–Crippen LogP) is 6.65. The Balaban J connectivity index is 2.16. The van der Waals surface area contributed by atoms with Crippen molar-refractivity contribution in [2.45, 2.75) is 33.1 Å². The second-order valence-corrected chi connectivity index (χ2v) is 5.98. The number of nitrogens with zero attached hydrogens (tertiary/aromatic N) is 1. The summed E-state index contributed by atoms with van der Waals surface area (Å²) in [6.45, 7) is 4.28. The summed E-state index contributed by atoms with van der Waals surface area (Å²) in [6.07, 6.45) is 14.4. The van der Waals surface area contributed by atoms with Gasteiger partial charge in [0.05, 0.1) is 0 Å². The van der Waals surface area contributed by atoms with Crippen molar-refractivity contribution in [3.05, 3.63) is 89.7 Å². The van der Waals surface area contributed by atoms with Crippen LogP contribution in [0.2, 0.25) is 0 Å². The van der Waals surface area contributed by atoms with Gasteiger partial charge in [-0.25, -0.2) is 0 Å². The SMILES string of the molecule is C/C=C(\C=C/CC)N(c1ccccc1)c1cccc2c1CCC=C2. The summed E-state index contributed by atoms with van der Waals surface area (Å²) in [4.78, 5) is 2.38. The van der Waals surface area contributed by atoms with E-state index >= 15 is 0 Å². The first-order valence-electron chi connectivity index (χ1n) is 8.81. The Morgan fingerprint density at radius 1 is 1.08 bits per heavy atom. The minimum atomic E-state index is 1.04. The average molecular weight is 315 g/mol. The second kappa shape index (κ2) is 7.83. The molecule has 24 heavy (non-hydrogen) atoms. The lowest BCUT2D eigenvalue weighted by atomic mass is 9.94. The van der Waals surface area contributed by atoms with Crippen molar-refractivity contribution in [1.29, 1.82) is 0 Å². The van der Waals surface area contributed by atoms with Gasteiger partial charge in [0.25, 0.3) is 0 Å². The summed E-state index contributed by atoms with van der Waals surface area (Å²) in [5.74, 6) is 0. The maximum atomic E-state index is 2.38. The van der Waals surface area contributed by atoms with Gasteiger partial charge in [0.15, 0.2) is 0 Å². The van der Waals surface area contributed by atoms with E-state index in [9.17, 15) is 0 Å². The zero-order valence-corrected chi connectivity index (χ0v) is 14.6. The molecule has 0 atom stereocenters. The molecular weight excluding hydrogens is 290 g/mol. The molecule has 1 aliphatic carbocycles. The van der Waals surface area contributed by atoms with Crippen molar-refractivity contribution in [3.63, 3.8) is 0 Å². The number of allylic oxidation sites excluding steroid dienone is 4. The summed E-state index contributed by atoms with van der Waals surface area (Å²) in [5, 5.41) is 0. The Kier molecular flexibility index (Phi) is 5.32. The fourth-order valence-corrected chi connectivity index (χ4v) is 3.21. The van der Waals surface area contributed by atoms with Gasteiger partial charge in [-0.2, -0.15) is 0 Å². The van der Waals surface area contributed by atoms with Crippen LogP contribution < -0.4 is 4.90 Å². The summed E-state index contributed by atoms with van der Waals surface area (Å²) in [6, 6.07) is 17.3. The molecule has 0 radical (unpaired) electrons. The number of anilines is 2. The van der Waals surface area contributed by atoms with Crippen molar-refractivity contribution in [2.24, 2.45) is 0 Å². The van der Waals surface area contributed by atoms with E-state index in [1.165, 1.54) is 28.2 Å². The van der Waals surface area contributed by atoms with Gasteiger partial charge in [-0.1, -0.05) is 61.6 Å². The Hall–Kier alpha value is -2.54. The molecular formula is C23H25N. The van der Waals surface area contributed by atoms with Gasteiger partial charge in [-0.05, 0) is 61.6 Å². The van der Waals surface area contributed by atoms with Crippen LogP contribution in [0.1, 0.15) is 37.8 Å². The van der Waals surface area contributed by atoms with Crippen molar-refractivity contribution in [2.75, 3.05) is 4.90 Å². The number of fused-ring (bicyclic) bond motifs is 1. The van der Waals surface area contributed by atoms with Crippen LogP contribution in [0.15, 0.2) is 78.5 Å². The van der Waals surface area contributed by atoms with E-state index in [2.05, 4.69) is 97.7 Å². The maximum Gasteiger partial charge on any atom is 0.0499 e. The Morgan fingerprint density at radius 2 is 1.92 bits per heavy atom. The van der Waals surface area contributed by atoms with Crippen LogP contribution in [0.25, 0.3) is 6.08 Å². The first-order valence-corrected chi connectivity index (χ1v) is 8.81. The quantitative estimate of drug-likeness (QED) is 0.558. The normalized spacial score (nSPS) is 14.0. The third-order valence-electron chi connectivity index (χ3n) is 4.38. The third-order valence-corrected chi connectivity index (χ3v) is 4.38. The standard InChI is InChI=1S/C23H25N/c1-3-5-14-20(4-2)24(21-15-7-6-8-16-21)23-18-11-13-19-12-9-10-17-22(19)23/h4-9,11-16,18H,3,10,17H2,1-2H3/b14-5-,20-4+. The minimum Gasteiger partial charge on any atom is -0.311 e. The van der Waals surface area contributed by atoms with Crippen LogP contribution in [0, 0.1) is 0 Å². The van der Waals surface area contributed by atoms with Gasteiger partial charge >= 0.3 is 0 Å². The molecule has 2 aromatic rings. The highest BCUT2D eigenvalue weighted by Gasteiger charge is 2.18. The van der Waals surface area contributed by atoms with Gasteiger partial charge in [0.1, 0.15) is 0 Å². The fourth-order valence-electron chi connectivity index (χ4n) is 3.21. The lowest BCUT2D eigenvalue weighted by molar-refractivity contribution is 0.975. The zero-order valence-electron chi connectivity index (χ0n) is 14.6. The number of benzene rings is 2. The van der Waals surface area contributed by atoms with E-state index in [1.807, 2.05) is 0 Å². The summed E-state index contributed by atoms with van der Waals surface area (Å²) >= 11 is 0. The van der Waals surface area contributed by atoms with Gasteiger partial charge in [0, 0.05) is 17.1 Å². The summed E-state index contributed by atoms with van der Waals surface area (Å²) in [5.41, 5.74) is 6.49. The van der Waals surface area contributed by atoms with Gasteiger partial charge < -0.3 is 4.90 Å². The molecule has 0 unspecified atom stereocenters. The molecule has 0 amide bonds. The number of hydrogen-bond acceptors (Lipinski definition) is 1. The monoisotopic (exact) mass is 315 g/mol. The molecule has 0 saturated carbocycles. The number of hydrogen-bond donors (Lipinski definition) is 0. The molecule has 2 aromatic carbocycles. The molecule has 0 spiro atoms. The molecule has 122 valence electrons. The molecule has 0 fully saturated rings. The molecule has 3 rings (SSSR count). The summed E-state index contributed by atoms with van der Waals surface area (Å²) < 4.78 is 0. The highest BCUT2D eigenvalue weighted by Crippen LogP contribution is 2.36. The molecule has 1 heteroatoms. The molecule has 0 bridgehead atoms. The number of rotatable bonds is 5. The van der Waals surface area contributed by atoms with Crippen molar-refractivity contribution < 1.29 is 0 Å². The van der Waals surface area contributed by atoms with Gasteiger partial charge in [-0.3, -0.25) is 0 Å². The van der Waals surface area contributed by atoms with E-state index in [0.717, 1.165) is 19.3 Å². The van der Waals surface area contributed by atoms with E-state index < -0.39 is 0 Å². The Bertz CT molecular complexity index is 766. The van der Waals surface area contributed by atoms with Crippen molar-refractivity contribution in [1.82, 2.24) is 0 Å². The van der Waals surface area contributed by atoms with E-state index in [0.29, 0.717) is 0 Å². The highest BCUT2D eigenvalue weighted by molar-refractivity contribution is 5.76. The fraction of sp³-hybridized carbons (Fsp3) is 0.217. The minimum absolute atomic E-state index is 1.04. The van der Waals surface area contributed by atoms with Crippen LogP contribution in [0.5, 0.6) is 0 Å². The van der Waals surface area contributed by atoms with E-state index in [-0.39, 0.29) is 0 Å².